The van der Waals surface area contributed by atoms with Crippen LogP contribution in [0.2, 0.25) is 0 Å². The van der Waals surface area contributed by atoms with Crippen LogP contribution in [0.4, 0.5) is 0 Å². The Kier molecular flexibility index (Phi) is 15.3. The van der Waals surface area contributed by atoms with E-state index < -0.39 is 7.82 Å². The van der Waals surface area contributed by atoms with Gasteiger partial charge in [0.25, 0.3) is 0 Å². The Morgan fingerprint density at radius 1 is 1.07 bits per heavy atom. The monoisotopic (exact) mass is 412 g/mol. The highest BCUT2D eigenvalue weighted by Gasteiger charge is 2.07. The predicted molar refractivity (Wildman–Crippen MR) is 109 cm³/mol. The lowest BCUT2D eigenvalue weighted by Crippen LogP contribution is -2.20. The van der Waals surface area contributed by atoms with Gasteiger partial charge in [-0.2, -0.15) is 0 Å². The van der Waals surface area contributed by atoms with Crippen LogP contribution in [0.3, 0.4) is 0 Å². The third-order valence-corrected chi connectivity index (χ3v) is 3.84. The summed E-state index contributed by atoms with van der Waals surface area (Å²) in [7, 11) is -4.48. The zero-order valence-corrected chi connectivity index (χ0v) is 17.5. The molecule has 0 aliphatic carbocycles. The smallest absolute Gasteiger partial charge is 0.328 e. The van der Waals surface area contributed by atoms with Gasteiger partial charge in [-0.3, -0.25) is 9.36 Å². The minimum absolute atomic E-state index is 0.00759. The van der Waals surface area contributed by atoms with Gasteiger partial charge >= 0.3 is 7.82 Å². The molecular formula is C22H23NO5P-. The molecule has 0 rings (SSSR count). The summed E-state index contributed by atoms with van der Waals surface area (Å²) in [4.78, 5) is 22.2. The van der Waals surface area contributed by atoms with Gasteiger partial charge in [-0.05, 0) is 49.5 Å². The summed E-state index contributed by atoms with van der Waals surface area (Å²) in [5.74, 6) is 17.2. The molecular weight excluding hydrogens is 389 g/mol. The van der Waals surface area contributed by atoms with Crippen molar-refractivity contribution < 1.29 is 23.3 Å². The second-order valence-corrected chi connectivity index (χ2v) is 6.72. The van der Waals surface area contributed by atoms with E-state index in [0.717, 1.165) is 24.8 Å². The number of hydrogen-bond donors (Lipinski definition) is 1. The lowest BCUT2D eigenvalue weighted by Gasteiger charge is -2.18. The van der Waals surface area contributed by atoms with E-state index in [-0.39, 0.29) is 12.5 Å². The van der Waals surface area contributed by atoms with Gasteiger partial charge < -0.3 is 19.3 Å². The number of phosphoric acid groups is 1. The maximum Gasteiger partial charge on any atom is 0.328 e. The fourth-order valence-electron chi connectivity index (χ4n) is 1.70. The van der Waals surface area contributed by atoms with Crippen LogP contribution >= 0.6 is 7.82 Å². The fourth-order valence-corrected chi connectivity index (χ4v) is 2.26. The highest BCUT2D eigenvalue weighted by atomic mass is 31.2. The Hall–Kier alpha value is -3.04. The van der Waals surface area contributed by atoms with E-state index in [1.54, 1.807) is 0 Å². The van der Waals surface area contributed by atoms with Crippen LogP contribution in [-0.4, -0.2) is 19.1 Å². The molecule has 1 atom stereocenters. The third kappa shape index (κ3) is 18.1. The van der Waals surface area contributed by atoms with Gasteiger partial charge in [0.05, 0.1) is 12.2 Å². The van der Waals surface area contributed by atoms with Gasteiger partial charge in [0, 0.05) is 31.2 Å². The Bertz CT molecular complexity index is 925. The van der Waals surface area contributed by atoms with Gasteiger partial charge in [-0.1, -0.05) is 31.2 Å². The summed E-state index contributed by atoms with van der Waals surface area (Å²) >= 11 is 0. The summed E-state index contributed by atoms with van der Waals surface area (Å²) in [6.45, 7) is 7.42. The third-order valence-electron chi connectivity index (χ3n) is 3.02. The number of carbonyl (C=O) groups is 1. The minimum atomic E-state index is -4.48. The SMILES string of the molecule is C=C=C=C(C#CC#CC#CC#COP(=O)([O-])OCCCCCCNC(C)=O)CC. The maximum atomic E-state index is 11.5. The molecule has 0 bridgehead atoms. The molecule has 152 valence electrons. The summed E-state index contributed by atoms with van der Waals surface area (Å²) in [5.41, 5.74) is 6.00. The Balaban J connectivity index is 4.14. The average Bonchev–Trinajstić information content (AvgIpc) is 2.67. The van der Waals surface area contributed by atoms with Gasteiger partial charge in [-0.25, -0.2) is 0 Å². The first-order valence-electron chi connectivity index (χ1n) is 8.94. The number of carbonyl (C=O) groups excluding carboxylic acids is 1. The van der Waals surface area contributed by atoms with Gasteiger partial charge in [-0.15, -0.1) is 0 Å². The van der Waals surface area contributed by atoms with Crippen LogP contribution in [-0.2, 0) is 18.4 Å². The fraction of sp³-hybridized carbons (Fsp3) is 0.409. The zero-order valence-electron chi connectivity index (χ0n) is 16.6. The van der Waals surface area contributed by atoms with E-state index in [9.17, 15) is 14.3 Å². The highest BCUT2D eigenvalue weighted by Crippen LogP contribution is 2.37. The van der Waals surface area contributed by atoms with Crippen LogP contribution in [0.25, 0.3) is 0 Å². The topological polar surface area (TPSA) is 87.7 Å². The van der Waals surface area contributed by atoms with E-state index in [1.165, 1.54) is 6.92 Å². The van der Waals surface area contributed by atoms with Crippen molar-refractivity contribution in [3.05, 3.63) is 23.6 Å². The van der Waals surface area contributed by atoms with Crippen molar-refractivity contribution in [2.45, 2.75) is 46.0 Å². The van der Waals surface area contributed by atoms with Gasteiger partial charge in [0.2, 0.25) is 5.91 Å². The molecule has 0 spiro atoms. The molecule has 6 nitrogen and oxygen atoms in total. The minimum Gasteiger partial charge on any atom is -0.746 e. The molecule has 0 aromatic heterocycles. The number of nitrogens with one attached hydrogen (secondary N) is 1. The molecule has 1 unspecified atom stereocenters. The molecule has 0 saturated carbocycles. The van der Waals surface area contributed by atoms with E-state index in [1.807, 2.05) is 13.0 Å². The maximum absolute atomic E-state index is 11.5. The number of rotatable bonds is 10. The van der Waals surface area contributed by atoms with Crippen molar-refractivity contribution in [1.82, 2.24) is 5.32 Å². The van der Waals surface area contributed by atoms with Crippen molar-refractivity contribution in [2.75, 3.05) is 13.2 Å². The van der Waals surface area contributed by atoms with Crippen LogP contribution in [0, 0.1) is 47.5 Å². The van der Waals surface area contributed by atoms with Gasteiger partial charge in [0.1, 0.15) is 6.11 Å². The summed E-state index contributed by atoms with van der Waals surface area (Å²) < 4.78 is 20.5. The number of unbranched alkanes of at least 4 members (excludes halogenated alkanes) is 3. The summed E-state index contributed by atoms with van der Waals surface area (Å²) in [6.07, 6.45) is 5.65. The standard InChI is InChI=1S/C22H24NO5P/c1-4-16-22(5-2)17-12-8-6-7-10-14-19-27-29(25,26)28-20-15-11-9-13-18-23-21(3)24/h1,5,9,11,13,15,18,20H2,2-3H3,(H,23,24)(H,25,26)/p-1. The largest absolute Gasteiger partial charge is 0.746 e. The van der Waals surface area contributed by atoms with Crippen LogP contribution in [0.1, 0.15) is 46.0 Å². The van der Waals surface area contributed by atoms with Gasteiger partial charge in [0.15, 0.2) is 0 Å². The lowest BCUT2D eigenvalue weighted by atomic mass is 10.2. The number of amides is 1. The van der Waals surface area contributed by atoms with E-state index in [0.29, 0.717) is 19.4 Å². The second kappa shape index (κ2) is 17.1. The normalized spacial score (nSPS) is 10.3. The summed E-state index contributed by atoms with van der Waals surface area (Å²) in [5, 5.41) is 2.69. The Morgan fingerprint density at radius 3 is 2.38 bits per heavy atom. The first-order valence-corrected chi connectivity index (χ1v) is 10.4. The molecule has 0 aliphatic heterocycles. The zero-order chi connectivity index (χ0) is 21.8. The van der Waals surface area contributed by atoms with E-state index in [4.69, 9.17) is 0 Å². The van der Waals surface area contributed by atoms with Crippen molar-refractivity contribution in [3.8, 4) is 47.5 Å². The average molecular weight is 412 g/mol. The van der Waals surface area contributed by atoms with Crippen LogP contribution in [0.5, 0.6) is 0 Å². The summed E-state index contributed by atoms with van der Waals surface area (Å²) in [6, 6.07) is 0. The molecule has 1 N–H and O–H groups in total. The molecule has 0 heterocycles. The number of allylic oxidation sites excluding steroid dienone is 1. The first kappa shape index (κ1) is 26.0. The predicted octanol–water partition coefficient (Wildman–Crippen LogP) is 2.43. The number of hydrogen-bond acceptors (Lipinski definition) is 5. The van der Waals surface area contributed by atoms with E-state index >= 15 is 0 Å². The second-order valence-electron chi connectivity index (χ2n) is 5.38. The quantitative estimate of drug-likeness (QED) is 0.258. The molecule has 0 aromatic rings. The van der Waals surface area contributed by atoms with Crippen molar-refractivity contribution in [1.29, 1.82) is 0 Å². The van der Waals surface area contributed by atoms with Crippen LogP contribution in [0.15, 0.2) is 23.6 Å². The Morgan fingerprint density at radius 2 is 1.72 bits per heavy atom. The van der Waals surface area contributed by atoms with Crippen molar-refractivity contribution >= 4 is 13.7 Å². The molecule has 0 aliphatic rings. The molecule has 7 heteroatoms. The van der Waals surface area contributed by atoms with Crippen molar-refractivity contribution in [3.63, 3.8) is 0 Å². The lowest BCUT2D eigenvalue weighted by molar-refractivity contribution is -0.219. The molecule has 1 amide bonds. The van der Waals surface area contributed by atoms with E-state index in [2.05, 4.69) is 73.8 Å². The first-order chi connectivity index (χ1) is 13.9. The van der Waals surface area contributed by atoms with Crippen molar-refractivity contribution in [2.24, 2.45) is 0 Å². The molecule has 29 heavy (non-hydrogen) atoms. The molecule has 0 fully saturated rings. The highest BCUT2D eigenvalue weighted by molar-refractivity contribution is 7.46. The Labute approximate surface area is 173 Å². The van der Waals surface area contributed by atoms with Crippen LogP contribution < -0.4 is 10.2 Å². The molecule has 0 saturated heterocycles. The molecule has 0 radical (unpaired) electrons. The number of phosphoric ester groups is 1. The molecule has 0 aromatic carbocycles.